The molecule has 0 aromatic heterocycles. The molecule has 0 aromatic carbocycles. The van der Waals surface area contributed by atoms with Crippen molar-refractivity contribution in [3.05, 3.63) is 0 Å². The maximum absolute atomic E-state index is 12.2. The number of nitrogens with two attached hydrogens (primary N) is 1. The second-order valence-corrected chi connectivity index (χ2v) is 5.43. The summed E-state index contributed by atoms with van der Waals surface area (Å²) in [6.07, 6.45) is 6.23. The molecule has 0 radical (unpaired) electrons. The highest BCUT2D eigenvalue weighted by molar-refractivity contribution is 5.76. The van der Waals surface area contributed by atoms with Gasteiger partial charge in [0.1, 0.15) is 0 Å². The van der Waals surface area contributed by atoms with Gasteiger partial charge < -0.3 is 15.4 Å². The van der Waals surface area contributed by atoms with Crippen LogP contribution in [-0.4, -0.2) is 43.2 Å². The van der Waals surface area contributed by atoms with Crippen molar-refractivity contribution in [2.45, 2.75) is 50.6 Å². The first-order valence-corrected chi connectivity index (χ1v) is 6.77. The summed E-state index contributed by atoms with van der Waals surface area (Å²) in [4.78, 5) is 14.0. The van der Waals surface area contributed by atoms with Crippen LogP contribution in [0.4, 0.5) is 0 Å². The summed E-state index contributed by atoms with van der Waals surface area (Å²) in [7, 11) is 1.90. The molecule has 1 aliphatic carbocycles. The molecule has 1 amide bonds. The maximum Gasteiger partial charge on any atom is 0.222 e. The summed E-state index contributed by atoms with van der Waals surface area (Å²) < 4.78 is 5.32. The molecule has 98 valence electrons. The van der Waals surface area contributed by atoms with Crippen LogP contribution in [-0.2, 0) is 9.53 Å². The van der Waals surface area contributed by atoms with Gasteiger partial charge in [0.25, 0.3) is 0 Å². The Kier molecular flexibility index (Phi) is 4.40. The Balaban J connectivity index is 1.82. The first kappa shape index (κ1) is 12.8. The van der Waals surface area contributed by atoms with Gasteiger partial charge >= 0.3 is 0 Å². The van der Waals surface area contributed by atoms with Crippen LogP contribution in [0, 0.1) is 5.92 Å². The molecule has 3 atom stereocenters. The fourth-order valence-electron chi connectivity index (χ4n) is 2.89. The summed E-state index contributed by atoms with van der Waals surface area (Å²) in [5.41, 5.74) is 6.09. The molecule has 1 saturated heterocycles. The molecule has 0 spiro atoms. The van der Waals surface area contributed by atoms with Crippen LogP contribution in [0.2, 0.25) is 0 Å². The van der Waals surface area contributed by atoms with Crippen molar-refractivity contribution in [2.24, 2.45) is 11.7 Å². The first-order chi connectivity index (χ1) is 8.18. The average molecular weight is 240 g/mol. The van der Waals surface area contributed by atoms with E-state index in [0.717, 1.165) is 25.9 Å². The fraction of sp³-hybridized carbons (Fsp3) is 0.923. The molecule has 1 aliphatic heterocycles. The van der Waals surface area contributed by atoms with Crippen molar-refractivity contribution >= 4 is 5.91 Å². The van der Waals surface area contributed by atoms with Crippen LogP contribution in [0.1, 0.15) is 38.5 Å². The maximum atomic E-state index is 12.2. The van der Waals surface area contributed by atoms with E-state index in [9.17, 15) is 4.79 Å². The third kappa shape index (κ3) is 3.19. The van der Waals surface area contributed by atoms with E-state index in [1.54, 1.807) is 0 Å². The number of likely N-dealkylation sites (N-methyl/N-ethyl adjacent to an activating group) is 1. The standard InChI is InChI=1S/C13H24N2O2/c1-15(11-6-7-17-9-11)13(16)8-10-4-2-3-5-12(10)14/h10-12H,2-9,14H2,1H3. The topological polar surface area (TPSA) is 55.6 Å². The lowest BCUT2D eigenvalue weighted by atomic mass is 9.82. The molecular weight excluding hydrogens is 216 g/mol. The zero-order chi connectivity index (χ0) is 12.3. The largest absolute Gasteiger partial charge is 0.379 e. The zero-order valence-electron chi connectivity index (χ0n) is 10.7. The third-order valence-electron chi connectivity index (χ3n) is 4.25. The number of ether oxygens (including phenoxy) is 1. The number of nitrogens with zero attached hydrogens (tertiary/aromatic N) is 1. The van der Waals surface area contributed by atoms with E-state index >= 15 is 0 Å². The number of amides is 1. The quantitative estimate of drug-likeness (QED) is 0.805. The monoisotopic (exact) mass is 240 g/mol. The molecule has 0 aromatic rings. The minimum atomic E-state index is 0.223. The molecule has 2 N–H and O–H groups in total. The lowest BCUT2D eigenvalue weighted by Gasteiger charge is -2.31. The lowest BCUT2D eigenvalue weighted by molar-refractivity contribution is -0.133. The van der Waals surface area contributed by atoms with E-state index in [1.165, 1.54) is 12.8 Å². The summed E-state index contributed by atoms with van der Waals surface area (Å²) in [5, 5.41) is 0. The molecular formula is C13H24N2O2. The summed E-state index contributed by atoms with van der Waals surface area (Å²) in [6, 6.07) is 0.503. The molecule has 1 heterocycles. The molecule has 0 bridgehead atoms. The van der Waals surface area contributed by atoms with Gasteiger partial charge in [0.05, 0.1) is 12.6 Å². The van der Waals surface area contributed by atoms with Crippen molar-refractivity contribution in [3.8, 4) is 0 Å². The number of hydrogen-bond donors (Lipinski definition) is 1. The van der Waals surface area contributed by atoms with Crippen molar-refractivity contribution < 1.29 is 9.53 Å². The molecule has 2 aliphatic rings. The lowest BCUT2D eigenvalue weighted by Crippen LogP contribution is -2.41. The molecule has 4 heteroatoms. The number of rotatable bonds is 3. The Hall–Kier alpha value is -0.610. The van der Waals surface area contributed by atoms with Gasteiger partial charge in [-0.2, -0.15) is 0 Å². The van der Waals surface area contributed by atoms with E-state index in [4.69, 9.17) is 10.5 Å². The van der Waals surface area contributed by atoms with Gasteiger partial charge in [0, 0.05) is 26.1 Å². The van der Waals surface area contributed by atoms with Gasteiger partial charge in [0.15, 0.2) is 0 Å². The van der Waals surface area contributed by atoms with E-state index in [2.05, 4.69) is 0 Å². The predicted octanol–water partition coefficient (Wildman–Crippen LogP) is 1.14. The molecule has 2 fully saturated rings. The van der Waals surface area contributed by atoms with Crippen molar-refractivity contribution in [2.75, 3.05) is 20.3 Å². The van der Waals surface area contributed by atoms with Gasteiger partial charge in [-0.3, -0.25) is 4.79 Å². The van der Waals surface area contributed by atoms with E-state index in [1.807, 2.05) is 11.9 Å². The van der Waals surface area contributed by atoms with Crippen LogP contribution >= 0.6 is 0 Å². The Bertz CT molecular complexity index is 264. The molecule has 4 nitrogen and oxygen atoms in total. The SMILES string of the molecule is CN(C(=O)CC1CCCCC1N)C1CCOC1. The minimum absolute atomic E-state index is 0.223. The number of carbonyl (C=O) groups excluding carboxylic acids is 1. The Morgan fingerprint density at radius 1 is 1.35 bits per heavy atom. The van der Waals surface area contributed by atoms with Crippen LogP contribution in [0.25, 0.3) is 0 Å². The van der Waals surface area contributed by atoms with Gasteiger partial charge in [0.2, 0.25) is 5.91 Å². The van der Waals surface area contributed by atoms with Crippen molar-refractivity contribution in [1.29, 1.82) is 0 Å². The number of carbonyl (C=O) groups is 1. The molecule has 2 rings (SSSR count). The van der Waals surface area contributed by atoms with E-state index in [0.29, 0.717) is 18.9 Å². The van der Waals surface area contributed by atoms with Gasteiger partial charge in [-0.25, -0.2) is 0 Å². The number of hydrogen-bond acceptors (Lipinski definition) is 3. The Labute approximate surface area is 103 Å². The minimum Gasteiger partial charge on any atom is -0.379 e. The second-order valence-electron chi connectivity index (χ2n) is 5.43. The van der Waals surface area contributed by atoms with Gasteiger partial charge in [-0.15, -0.1) is 0 Å². The Morgan fingerprint density at radius 3 is 2.76 bits per heavy atom. The van der Waals surface area contributed by atoms with Crippen LogP contribution in [0.5, 0.6) is 0 Å². The van der Waals surface area contributed by atoms with Gasteiger partial charge in [-0.1, -0.05) is 12.8 Å². The zero-order valence-corrected chi connectivity index (χ0v) is 10.7. The molecule has 1 saturated carbocycles. The molecule has 17 heavy (non-hydrogen) atoms. The second kappa shape index (κ2) is 5.83. The fourth-order valence-corrected chi connectivity index (χ4v) is 2.89. The predicted molar refractivity (Wildman–Crippen MR) is 66.5 cm³/mol. The van der Waals surface area contributed by atoms with E-state index < -0.39 is 0 Å². The smallest absolute Gasteiger partial charge is 0.222 e. The highest BCUT2D eigenvalue weighted by atomic mass is 16.5. The van der Waals surface area contributed by atoms with Crippen molar-refractivity contribution in [1.82, 2.24) is 4.90 Å². The third-order valence-corrected chi connectivity index (χ3v) is 4.25. The average Bonchev–Trinajstić information content (AvgIpc) is 2.84. The first-order valence-electron chi connectivity index (χ1n) is 6.77. The highest BCUT2D eigenvalue weighted by Gasteiger charge is 2.29. The van der Waals surface area contributed by atoms with Crippen LogP contribution < -0.4 is 5.73 Å². The van der Waals surface area contributed by atoms with Crippen LogP contribution in [0.15, 0.2) is 0 Å². The highest BCUT2D eigenvalue weighted by Crippen LogP contribution is 2.26. The van der Waals surface area contributed by atoms with E-state index in [-0.39, 0.29) is 18.0 Å². The van der Waals surface area contributed by atoms with Crippen molar-refractivity contribution in [3.63, 3.8) is 0 Å². The van der Waals surface area contributed by atoms with Gasteiger partial charge in [-0.05, 0) is 25.2 Å². The normalized spacial score (nSPS) is 33.6. The molecule has 3 unspecified atom stereocenters. The summed E-state index contributed by atoms with van der Waals surface area (Å²) in [5.74, 6) is 0.629. The Morgan fingerprint density at radius 2 is 2.12 bits per heavy atom. The summed E-state index contributed by atoms with van der Waals surface area (Å²) >= 11 is 0. The van der Waals surface area contributed by atoms with Crippen LogP contribution in [0.3, 0.4) is 0 Å². The summed E-state index contributed by atoms with van der Waals surface area (Å²) in [6.45, 7) is 1.48.